The first kappa shape index (κ1) is 21.9. The Labute approximate surface area is 167 Å². The van der Waals surface area contributed by atoms with Crippen molar-refractivity contribution >= 4 is 41.3 Å². The molecule has 0 atom stereocenters. The quantitative estimate of drug-likeness (QED) is 0.383. The zero-order valence-corrected chi connectivity index (χ0v) is 16.6. The average molecular weight is 480 g/mol. The highest BCUT2D eigenvalue weighted by molar-refractivity contribution is 14.0. The Morgan fingerprint density at radius 2 is 1.85 bits per heavy atom. The van der Waals surface area contributed by atoms with Gasteiger partial charge in [0.2, 0.25) is 0 Å². The fourth-order valence-corrected chi connectivity index (χ4v) is 2.07. The molecule has 5 nitrogen and oxygen atoms in total. The zero-order chi connectivity index (χ0) is 18.4. The lowest BCUT2D eigenvalue weighted by atomic mass is 10.2. The van der Waals surface area contributed by atoms with Gasteiger partial charge in [-0.2, -0.15) is 0 Å². The molecule has 9 heteroatoms. The SMILES string of the molecule is CN(C)c1cccc(CN=C(N)Nc2ccccc2OC(F)(F)F)c1.I. The van der Waals surface area contributed by atoms with Gasteiger partial charge in [-0.15, -0.1) is 37.1 Å². The molecule has 0 saturated carbocycles. The predicted molar refractivity (Wildman–Crippen MR) is 108 cm³/mol. The van der Waals surface area contributed by atoms with Gasteiger partial charge in [0.1, 0.15) is 0 Å². The third-order valence-electron chi connectivity index (χ3n) is 3.23. The van der Waals surface area contributed by atoms with Crippen LogP contribution in [0.25, 0.3) is 0 Å². The van der Waals surface area contributed by atoms with Crippen molar-refractivity contribution in [2.24, 2.45) is 10.7 Å². The molecule has 0 aliphatic carbocycles. The molecule has 0 amide bonds. The molecule has 0 bridgehead atoms. The van der Waals surface area contributed by atoms with Gasteiger partial charge in [0.05, 0.1) is 12.2 Å². The van der Waals surface area contributed by atoms with Gasteiger partial charge in [-0.25, -0.2) is 4.99 Å². The standard InChI is InChI=1S/C17H19F3N4O.HI/c1-24(2)13-7-5-6-12(10-13)11-22-16(21)23-14-8-3-4-9-15(14)25-17(18,19)20;/h3-10H,11H2,1-2H3,(H3,21,22,23);1H. The van der Waals surface area contributed by atoms with Crippen LogP contribution in [0.3, 0.4) is 0 Å². The lowest BCUT2D eigenvalue weighted by molar-refractivity contribution is -0.274. The van der Waals surface area contributed by atoms with E-state index in [1.807, 2.05) is 43.3 Å². The van der Waals surface area contributed by atoms with E-state index in [1.165, 1.54) is 18.2 Å². The van der Waals surface area contributed by atoms with Gasteiger partial charge in [-0.05, 0) is 29.8 Å². The van der Waals surface area contributed by atoms with Crippen molar-refractivity contribution in [2.45, 2.75) is 12.9 Å². The third-order valence-corrected chi connectivity index (χ3v) is 3.23. The Hall–Kier alpha value is -2.17. The number of nitrogens with two attached hydrogens (primary N) is 1. The van der Waals surface area contributed by atoms with Gasteiger partial charge in [-0.3, -0.25) is 0 Å². The molecule has 0 aliphatic rings. The largest absolute Gasteiger partial charge is 0.573 e. The van der Waals surface area contributed by atoms with Gasteiger partial charge in [0.25, 0.3) is 0 Å². The Bertz CT molecular complexity index is 751. The van der Waals surface area contributed by atoms with Crippen LogP contribution in [0, 0.1) is 0 Å². The van der Waals surface area contributed by atoms with Crippen LogP contribution in [-0.4, -0.2) is 26.4 Å². The van der Waals surface area contributed by atoms with Crippen LogP contribution in [0.5, 0.6) is 5.75 Å². The first-order valence-corrected chi connectivity index (χ1v) is 7.42. The minimum absolute atomic E-state index is 0. The molecule has 2 aromatic rings. The third kappa shape index (κ3) is 6.98. The van der Waals surface area contributed by atoms with Crippen LogP contribution >= 0.6 is 24.0 Å². The molecule has 0 aliphatic heterocycles. The van der Waals surface area contributed by atoms with E-state index in [-0.39, 0.29) is 41.4 Å². The van der Waals surface area contributed by atoms with Gasteiger partial charge >= 0.3 is 6.36 Å². The second kappa shape index (κ2) is 9.51. The summed E-state index contributed by atoms with van der Waals surface area (Å²) in [7, 11) is 3.85. The highest BCUT2D eigenvalue weighted by atomic mass is 127. The number of anilines is 2. The molecule has 0 fully saturated rings. The number of hydrogen-bond acceptors (Lipinski definition) is 3. The number of para-hydroxylation sites is 2. The number of guanidine groups is 1. The van der Waals surface area contributed by atoms with Crippen LogP contribution in [0.2, 0.25) is 0 Å². The fraction of sp³-hybridized carbons (Fsp3) is 0.235. The van der Waals surface area contributed by atoms with E-state index in [1.54, 1.807) is 6.07 Å². The molecule has 0 radical (unpaired) electrons. The number of benzene rings is 2. The van der Waals surface area contributed by atoms with E-state index >= 15 is 0 Å². The second-order valence-corrected chi connectivity index (χ2v) is 5.43. The molecule has 142 valence electrons. The summed E-state index contributed by atoms with van der Waals surface area (Å²) in [5.74, 6) is -0.378. The Morgan fingerprint density at radius 1 is 1.15 bits per heavy atom. The molecule has 26 heavy (non-hydrogen) atoms. The molecule has 0 spiro atoms. The summed E-state index contributed by atoms with van der Waals surface area (Å²) < 4.78 is 41.2. The molecule has 0 unspecified atom stereocenters. The molecule has 3 N–H and O–H groups in total. The number of nitrogens with one attached hydrogen (secondary N) is 1. The normalized spacial score (nSPS) is 11.5. The molecule has 0 heterocycles. The maximum atomic E-state index is 12.4. The summed E-state index contributed by atoms with van der Waals surface area (Å²) in [6, 6.07) is 13.3. The van der Waals surface area contributed by atoms with E-state index < -0.39 is 6.36 Å². The van der Waals surface area contributed by atoms with Crippen molar-refractivity contribution in [1.82, 2.24) is 0 Å². The van der Waals surface area contributed by atoms with E-state index in [4.69, 9.17) is 5.73 Å². The minimum atomic E-state index is -4.78. The zero-order valence-electron chi connectivity index (χ0n) is 14.2. The number of rotatable bonds is 5. The van der Waals surface area contributed by atoms with Crippen molar-refractivity contribution < 1.29 is 17.9 Å². The summed E-state index contributed by atoms with van der Waals surface area (Å²) >= 11 is 0. The topological polar surface area (TPSA) is 62.9 Å². The summed E-state index contributed by atoms with van der Waals surface area (Å²) in [4.78, 5) is 6.11. The van der Waals surface area contributed by atoms with Gasteiger partial charge in [0.15, 0.2) is 11.7 Å². The van der Waals surface area contributed by atoms with Crippen LogP contribution in [0.15, 0.2) is 53.5 Å². The maximum absolute atomic E-state index is 12.4. The molecule has 2 rings (SSSR count). The van der Waals surface area contributed by atoms with Crippen LogP contribution in [-0.2, 0) is 6.54 Å². The first-order chi connectivity index (χ1) is 11.7. The number of halogens is 4. The van der Waals surface area contributed by atoms with Crippen molar-refractivity contribution in [2.75, 3.05) is 24.3 Å². The van der Waals surface area contributed by atoms with Crippen LogP contribution in [0.1, 0.15) is 5.56 Å². The summed E-state index contributed by atoms with van der Waals surface area (Å²) in [6.45, 7) is 0.294. The number of ether oxygens (including phenoxy) is 1. The van der Waals surface area contributed by atoms with Crippen LogP contribution in [0.4, 0.5) is 24.5 Å². The summed E-state index contributed by atoms with van der Waals surface area (Å²) in [5.41, 5.74) is 7.81. The molecule has 0 aromatic heterocycles. The van der Waals surface area contributed by atoms with E-state index in [9.17, 15) is 13.2 Å². The Morgan fingerprint density at radius 3 is 2.50 bits per heavy atom. The summed E-state index contributed by atoms with van der Waals surface area (Å²) in [5, 5.41) is 2.63. The summed E-state index contributed by atoms with van der Waals surface area (Å²) in [6.07, 6.45) is -4.78. The Kier molecular flexibility index (Phi) is 8.00. The Balaban J connectivity index is 0.00000338. The predicted octanol–water partition coefficient (Wildman–Crippen LogP) is 4.20. The van der Waals surface area contributed by atoms with Crippen LogP contribution < -0.4 is 20.7 Å². The van der Waals surface area contributed by atoms with Crippen molar-refractivity contribution in [3.63, 3.8) is 0 Å². The highest BCUT2D eigenvalue weighted by Crippen LogP contribution is 2.29. The van der Waals surface area contributed by atoms with Gasteiger partial charge in [0, 0.05) is 19.8 Å². The fourth-order valence-electron chi connectivity index (χ4n) is 2.07. The van der Waals surface area contributed by atoms with Crippen molar-refractivity contribution in [3.8, 4) is 5.75 Å². The molecule has 2 aromatic carbocycles. The van der Waals surface area contributed by atoms with Crippen molar-refractivity contribution in [3.05, 3.63) is 54.1 Å². The monoisotopic (exact) mass is 480 g/mol. The smallest absolute Gasteiger partial charge is 0.404 e. The number of aliphatic imine (C=N–C) groups is 1. The van der Waals surface area contributed by atoms with E-state index in [0.717, 1.165) is 11.3 Å². The second-order valence-electron chi connectivity index (χ2n) is 5.43. The number of nitrogens with zero attached hydrogens (tertiary/aromatic N) is 2. The molecule has 0 saturated heterocycles. The first-order valence-electron chi connectivity index (χ1n) is 7.42. The highest BCUT2D eigenvalue weighted by Gasteiger charge is 2.32. The van der Waals surface area contributed by atoms with E-state index in [2.05, 4.69) is 15.0 Å². The van der Waals surface area contributed by atoms with Gasteiger partial charge in [-0.1, -0.05) is 24.3 Å². The lowest BCUT2D eigenvalue weighted by Gasteiger charge is -2.14. The number of alkyl halides is 3. The lowest BCUT2D eigenvalue weighted by Crippen LogP contribution is -2.24. The average Bonchev–Trinajstić information content (AvgIpc) is 2.54. The molecular weight excluding hydrogens is 460 g/mol. The van der Waals surface area contributed by atoms with E-state index in [0.29, 0.717) is 6.54 Å². The molecular formula is C17H20F3IN4O. The maximum Gasteiger partial charge on any atom is 0.573 e. The van der Waals surface area contributed by atoms with Crippen molar-refractivity contribution in [1.29, 1.82) is 0 Å². The number of hydrogen-bond donors (Lipinski definition) is 2. The minimum Gasteiger partial charge on any atom is -0.404 e. The van der Waals surface area contributed by atoms with Gasteiger partial charge < -0.3 is 20.7 Å².